The Kier molecular flexibility index (Phi) is 7.58. The van der Waals surface area contributed by atoms with Crippen molar-refractivity contribution in [2.24, 2.45) is 5.92 Å². The van der Waals surface area contributed by atoms with Crippen LogP contribution in [0.15, 0.2) is 48.7 Å². The molecule has 0 saturated heterocycles. The topological polar surface area (TPSA) is 103 Å². The number of carbonyl (C=O) groups excluding carboxylic acids is 3. The van der Waals surface area contributed by atoms with Crippen molar-refractivity contribution in [1.29, 1.82) is 0 Å². The summed E-state index contributed by atoms with van der Waals surface area (Å²) >= 11 is 0. The maximum Gasteiger partial charge on any atom is 0.251 e. The highest BCUT2D eigenvalue weighted by Crippen LogP contribution is 2.31. The van der Waals surface area contributed by atoms with E-state index in [2.05, 4.69) is 20.9 Å². The van der Waals surface area contributed by atoms with Crippen molar-refractivity contribution in [3.63, 3.8) is 0 Å². The van der Waals surface area contributed by atoms with Crippen molar-refractivity contribution >= 4 is 23.5 Å². The van der Waals surface area contributed by atoms with Crippen LogP contribution in [0.2, 0.25) is 0 Å². The number of nitrogens with zero attached hydrogens (tertiary/aromatic N) is 2. The number of benzene rings is 1. The Bertz CT molecular complexity index is 963. The fourth-order valence-corrected chi connectivity index (χ4v) is 3.70. The molecule has 2 heterocycles. The number of amides is 3. The number of anilines is 1. The van der Waals surface area contributed by atoms with E-state index < -0.39 is 18.1 Å². The number of aromatic nitrogens is 1. The summed E-state index contributed by atoms with van der Waals surface area (Å²) in [6.07, 6.45) is 1.98. The van der Waals surface area contributed by atoms with Gasteiger partial charge >= 0.3 is 0 Å². The molecule has 0 aliphatic carbocycles. The van der Waals surface area contributed by atoms with Crippen LogP contribution in [0.1, 0.15) is 31.9 Å². The Labute approximate surface area is 188 Å². The number of fused-ring (bicyclic) bond motifs is 1. The Morgan fingerprint density at radius 3 is 2.47 bits per heavy atom. The fraction of sp³-hybridized carbons (Fsp3) is 0.417. The summed E-state index contributed by atoms with van der Waals surface area (Å²) in [4.78, 5) is 45.1. The van der Waals surface area contributed by atoms with Crippen molar-refractivity contribution in [1.82, 2.24) is 20.9 Å². The second-order valence-electron chi connectivity index (χ2n) is 8.36. The molecule has 0 bridgehead atoms. The molecule has 3 amide bonds. The minimum atomic E-state index is -0.782. The highest BCUT2D eigenvalue weighted by molar-refractivity contribution is 6.06. The number of hydrogen-bond donors (Lipinski definition) is 3. The second kappa shape index (κ2) is 10.4. The van der Waals surface area contributed by atoms with E-state index in [0.717, 1.165) is 11.1 Å². The average molecular weight is 438 g/mol. The van der Waals surface area contributed by atoms with Crippen LogP contribution >= 0.6 is 0 Å². The number of likely N-dealkylation sites (N-methyl/N-ethyl adjacent to an activating group) is 1. The van der Waals surface area contributed by atoms with E-state index in [4.69, 9.17) is 0 Å². The van der Waals surface area contributed by atoms with E-state index in [1.807, 2.05) is 50.2 Å². The molecule has 1 aliphatic rings. The molecule has 2 aromatic rings. The maximum atomic E-state index is 13.7. The molecule has 1 aliphatic heterocycles. The number of nitrogens with one attached hydrogen (secondary N) is 3. The van der Waals surface area contributed by atoms with Crippen molar-refractivity contribution in [2.75, 3.05) is 11.9 Å². The third kappa shape index (κ3) is 5.13. The smallest absolute Gasteiger partial charge is 0.251 e. The van der Waals surface area contributed by atoms with Crippen LogP contribution in [0.4, 0.5) is 5.82 Å². The SMILES string of the molecule is CN[C@@H](C)C(=O)N[C@H](C(=O)N1c2ncccc2C[C@H]1C(=O)NCc1ccccc1)C(C)C. The highest BCUT2D eigenvalue weighted by Gasteiger charge is 2.42. The largest absolute Gasteiger partial charge is 0.350 e. The first kappa shape index (κ1) is 23.4. The van der Waals surface area contributed by atoms with Crippen molar-refractivity contribution in [2.45, 2.75) is 51.9 Å². The zero-order valence-corrected chi connectivity index (χ0v) is 19.0. The summed E-state index contributed by atoms with van der Waals surface area (Å²) in [7, 11) is 1.68. The summed E-state index contributed by atoms with van der Waals surface area (Å²) in [5, 5.41) is 8.66. The Morgan fingerprint density at radius 2 is 1.81 bits per heavy atom. The molecular weight excluding hydrogens is 406 g/mol. The lowest BCUT2D eigenvalue weighted by atomic mass is 10.0. The van der Waals surface area contributed by atoms with Gasteiger partial charge in [-0.15, -0.1) is 0 Å². The van der Waals surface area contributed by atoms with E-state index in [9.17, 15) is 14.4 Å². The van der Waals surface area contributed by atoms with Gasteiger partial charge in [0.05, 0.1) is 6.04 Å². The zero-order valence-electron chi connectivity index (χ0n) is 19.0. The normalized spacial score (nSPS) is 16.9. The lowest BCUT2D eigenvalue weighted by Crippen LogP contribution is -2.58. The van der Waals surface area contributed by atoms with Crippen molar-refractivity contribution in [3.05, 3.63) is 59.8 Å². The van der Waals surface area contributed by atoms with Gasteiger partial charge in [-0.2, -0.15) is 0 Å². The maximum absolute atomic E-state index is 13.7. The van der Waals surface area contributed by atoms with Gasteiger partial charge in [0, 0.05) is 19.2 Å². The number of rotatable bonds is 8. The summed E-state index contributed by atoms with van der Waals surface area (Å²) in [5.41, 5.74) is 1.80. The quantitative estimate of drug-likeness (QED) is 0.579. The fourth-order valence-electron chi connectivity index (χ4n) is 3.70. The molecule has 8 heteroatoms. The molecule has 170 valence electrons. The second-order valence-corrected chi connectivity index (χ2v) is 8.36. The Hall–Kier alpha value is -3.26. The average Bonchev–Trinajstić information content (AvgIpc) is 3.20. The van der Waals surface area contributed by atoms with Gasteiger partial charge in [-0.3, -0.25) is 19.3 Å². The van der Waals surface area contributed by atoms with Gasteiger partial charge in [0.1, 0.15) is 17.9 Å². The van der Waals surface area contributed by atoms with E-state index >= 15 is 0 Å². The third-order valence-corrected chi connectivity index (χ3v) is 5.73. The molecule has 1 aromatic heterocycles. The minimum Gasteiger partial charge on any atom is -0.350 e. The Morgan fingerprint density at radius 1 is 1.09 bits per heavy atom. The van der Waals surface area contributed by atoms with Crippen LogP contribution in [-0.2, 0) is 27.3 Å². The van der Waals surface area contributed by atoms with Crippen LogP contribution in [0.3, 0.4) is 0 Å². The van der Waals surface area contributed by atoms with Crippen LogP contribution in [0.5, 0.6) is 0 Å². The van der Waals surface area contributed by atoms with Crippen molar-refractivity contribution in [3.8, 4) is 0 Å². The van der Waals surface area contributed by atoms with Gasteiger partial charge in [0.25, 0.3) is 5.91 Å². The molecule has 0 spiro atoms. The van der Waals surface area contributed by atoms with Gasteiger partial charge < -0.3 is 16.0 Å². The standard InChI is InChI=1S/C24H31N5O3/c1-15(2)20(28-22(30)16(3)25-4)24(32)29-19(13-18-11-8-12-26-21(18)29)23(31)27-14-17-9-6-5-7-10-17/h5-12,15-16,19-20,25H,13-14H2,1-4H3,(H,27,31)(H,28,30)/t16-,19-,20-/m0/s1. The zero-order chi connectivity index (χ0) is 23.3. The van der Waals surface area contributed by atoms with Crippen molar-refractivity contribution < 1.29 is 14.4 Å². The minimum absolute atomic E-state index is 0.170. The van der Waals surface area contributed by atoms with Crippen LogP contribution < -0.4 is 20.9 Å². The monoisotopic (exact) mass is 437 g/mol. The van der Waals surface area contributed by atoms with E-state index in [0.29, 0.717) is 18.8 Å². The number of pyridine rings is 1. The van der Waals surface area contributed by atoms with Crippen LogP contribution in [0, 0.1) is 5.92 Å². The van der Waals surface area contributed by atoms with Crippen LogP contribution in [0.25, 0.3) is 0 Å². The van der Waals surface area contributed by atoms with Gasteiger partial charge in [0.15, 0.2) is 0 Å². The predicted octanol–water partition coefficient (Wildman–Crippen LogP) is 1.40. The molecule has 0 radical (unpaired) electrons. The molecule has 8 nitrogen and oxygen atoms in total. The van der Waals surface area contributed by atoms with Gasteiger partial charge in [0.2, 0.25) is 11.8 Å². The molecular formula is C24H31N5O3. The summed E-state index contributed by atoms with van der Waals surface area (Å²) < 4.78 is 0. The lowest BCUT2D eigenvalue weighted by molar-refractivity contribution is -0.131. The molecule has 0 fully saturated rings. The first-order valence-corrected chi connectivity index (χ1v) is 10.9. The molecule has 0 saturated carbocycles. The van der Waals surface area contributed by atoms with Gasteiger partial charge in [-0.25, -0.2) is 4.98 Å². The molecule has 1 aromatic carbocycles. The lowest BCUT2D eigenvalue weighted by Gasteiger charge is -2.31. The van der Waals surface area contributed by atoms with Gasteiger partial charge in [-0.1, -0.05) is 50.2 Å². The summed E-state index contributed by atoms with van der Waals surface area (Å²) in [5.74, 6) is -0.563. The first-order valence-electron chi connectivity index (χ1n) is 10.9. The molecule has 3 atom stereocenters. The summed E-state index contributed by atoms with van der Waals surface area (Å²) in [6, 6.07) is 11.3. The van der Waals surface area contributed by atoms with Crippen LogP contribution in [-0.4, -0.2) is 47.9 Å². The molecule has 3 rings (SSSR count). The predicted molar refractivity (Wildman–Crippen MR) is 123 cm³/mol. The molecule has 0 unspecified atom stereocenters. The Balaban J connectivity index is 1.84. The third-order valence-electron chi connectivity index (χ3n) is 5.73. The van der Waals surface area contributed by atoms with Gasteiger partial charge in [-0.05, 0) is 37.1 Å². The van der Waals surface area contributed by atoms with E-state index in [-0.39, 0.29) is 23.6 Å². The summed E-state index contributed by atoms with van der Waals surface area (Å²) in [6.45, 7) is 5.83. The van der Waals surface area contributed by atoms with E-state index in [1.54, 1.807) is 26.2 Å². The number of hydrogen-bond acceptors (Lipinski definition) is 5. The molecule has 3 N–H and O–H groups in total. The number of carbonyl (C=O) groups is 3. The van der Waals surface area contributed by atoms with E-state index in [1.165, 1.54) is 4.90 Å². The molecule has 32 heavy (non-hydrogen) atoms. The first-order chi connectivity index (χ1) is 15.3. The highest BCUT2D eigenvalue weighted by atomic mass is 16.2.